The van der Waals surface area contributed by atoms with Crippen molar-refractivity contribution in [2.75, 3.05) is 0 Å². The van der Waals surface area contributed by atoms with Crippen LogP contribution in [0.2, 0.25) is 0 Å². The number of fused-ring (bicyclic) bond motifs is 1. The first-order valence-electron chi connectivity index (χ1n) is 7.11. The van der Waals surface area contributed by atoms with Gasteiger partial charge in [-0.05, 0) is 48.6 Å². The van der Waals surface area contributed by atoms with Gasteiger partial charge in [0.15, 0.2) is 5.78 Å². The number of Topliss-reactive ketones (excluding diaryl/α,β-unsaturated/α-hetero) is 1. The molecule has 3 rings (SSSR count). The van der Waals surface area contributed by atoms with Crippen molar-refractivity contribution < 1.29 is 4.79 Å². The van der Waals surface area contributed by atoms with Gasteiger partial charge in [-0.3, -0.25) is 4.79 Å². The van der Waals surface area contributed by atoms with Crippen LogP contribution in [0.3, 0.4) is 0 Å². The molecule has 0 atom stereocenters. The molecule has 0 aliphatic heterocycles. The van der Waals surface area contributed by atoms with Crippen molar-refractivity contribution in [2.24, 2.45) is 0 Å². The van der Waals surface area contributed by atoms with Crippen molar-refractivity contribution in [1.29, 1.82) is 5.26 Å². The van der Waals surface area contributed by atoms with E-state index in [4.69, 9.17) is 5.26 Å². The van der Waals surface area contributed by atoms with E-state index in [0.717, 1.165) is 41.5 Å². The fraction of sp³-hybridized carbons (Fsp3) is 0.158. The van der Waals surface area contributed by atoms with Crippen LogP contribution in [0.25, 0.3) is 6.08 Å². The number of benzene rings is 2. The quantitative estimate of drug-likeness (QED) is 0.578. The van der Waals surface area contributed by atoms with Gasteiger partial charge in [-0.15, -0.1) is 0 Å². The Morgan fingerprint density at radius 3 is 2.52 bits per heavy atom. The van der Waals surface area contributed by atoms with Crippen LogP contribution in [-0.2, 0) is 6.42 Å². The van der Waals surface area contributed by atoms with E-state index in [1.807, 2.05) is 42.5 Å². The summed E-state index contributed by atoms with van der Waals surface area (Å²) in [6.45, 7) is 0. The third-order valence-electron chi connectivity index (χ3n) is 3.83. The maximum Gasteiger partial charge on any atom is 0.189 e. The number of nitrogens with zero attached hydrogens (tertiary/aromatic N) is 1. The van der Waals surface area contributed by atoms with Crippen molar-refractivity contribution in [3.63, 3.8) is 0 Å². The van der Waals surface area contributed by atoms with E-state index in [2.05, 4.69) is 6.07 Å². The van der Waals surface area contributed by atoms with E-state index in [1.165, 1.54) is 0 Å². The average molecular weight is 273 g/mol. The first kappa shape index (κ1) is 13.3. The standard InChI is InChI=1S/C19H15NO/c20-13-15-10-8-14(9-11-15)12-17-6-3-5-16-4-1-2-7-18(16)19(17)21/h1-2,4,7-12H,3,5-6H2/b17-12+. The van der Waals surface area contributed by atoms with Crippen LogP contribution in [0.1, 0.15) is 39.9 Å². The molecule has 2 heteroatoms. The van der Waals surface area contributed by atoms with E-state index < -0.39 is 0 Å². The Morgan fingerprint density at radius 1 is 1.00 bits per heavy atom. The molecule has 0 unspecified atom stereocenters. The second-order valence-electron chi connectivity index (χ2n) is 5.24. The molecule has 1 aliphatic rings. The third kappa shape index (κ3) is 2.78. The van der Waals surface area contributed by atoms with E-state index in [1.54, 1.807) is 12.1 Å². The Bertz CT molecular complexity index is 748. The molecule has 0 saturated carbocycles. The van der Waals surface area contributed by atoms with E-state index >= 15 is 0 Å². The van der Waals surface area contributed by atoms with Crippen molar-refractivity contribution in [1.82, 2.24) is 0 Å². The zero-order chi connectivity index (χ0) is 14.7. The monoisotopic (exact) mass is 273 g/mol. The fourth-order valence-corrected chi connectivity index (χ4v) is 2.71. The molecule has 1 aliphatic carbocycles. The maximum atomic E-state index is 12.6. The maximum absolute atomic E-state index is 12.6. The van der Waals surface area contributed by atoms with Gasteiger partial charge in [-0.25, -0.2) is 0 Å². The summed E-state index contributed by atoms with van der Waals surface area (Å²) in [4.78, 5) is 12.6. The molecule has 0 fully saturated rings. The highest BCUT2D eigenvalue weighted by molar-refractivity contribution is 6.12. The second-order valence-corrected chi connectivity index (χ2v) is 5.24. The molecule has 0 amide bonds. The summed E-state index contributed by atoms with van der Waals surface area (Å²) < 4.78 is 0. The van der Waals surface area contributed by atoms with E-state index in [-0.39, 0.29) is 5.78 Å². The van der Waals surface area contributed by atoms with Gasteiger partial charge >= 0.3 is 0 Å². The lowest BCUT2D eigenvalue weighted by molar-refractivity contribution is 0.103. The van der Waals surface area contributed by atoms with E-state index in [9.17, 15) is 4.79 Å². The lowest BCUT2D eigenvalue weighted by Crippen LogP contribution is -2.03. The smallest absolute Gasteiger partial charge is 0.189 e. The summed E-state index contributed by atoms with van der Waals surface area (Å²) >= 11 is 0. The van der Waals surface area contributed by atoms with Crippen LogP contribution in [0.15, 0.2) is 54.1 Å². The molecule has 102 valence electrons. The fourth-order valence-electron chi connectivity index (χ4n) is 2.71. The van der Waals surface area contributed by atoms with Gasteiger partial charge in [0.1, 0.15) is 0 Å². The predicted molar refractivity (Wildman–Crippen MR) is 82.8 cm³/mol. The summed E-state index contributed by atoms with van der Waals surface area (Å²) in [6, 6.07) is 17.3. The lowest BCUT2D eigenvalue weighted by Gasteiger charge is -2.05. The van der Waals surface area contributed by atoms with E-state index in [0.29, 0.717) is 5.56 Å². The van der Waals surface area contributed by atoms with Crippen LogP contribution in [0.4, 0.5) is 0 Å². The number of carbonyl (C=O) groups excluding carboxylic acids is 1. The van der Waals surface area contributed by atoms with Crippen LogP contribution in [0.5, 0.6) is 0 Å². The first-order chi connectivity index (χ1) is 10.3. The molecule has 0 heterocycles. The zero-order valence-electron chi connectivity index (χ0n) is 11.7. The average Bonchev–Trinajstić information content (AvgIpc) is 2.69. The van der Waals surface area contributed by atoms with Gasteiger partial charge in [-0.2, -0.15) is 5.26 Å². The highest BCUT2D eigenvalue weighted by Gasteiger charge is 2.19. The minimum Gasteiger partial charge on any atom is -0.289 e. The highest BCUT2D eigenvalue weighted by Crippen LogP contribution is 2.25. The molecule has 0 radical (unpaired) electrons. The largest absolute Gasteiger partial charge is 0.289 e. The van der Waals surface area contributed by atoms with Gasteiger partial charge in [-0.1, -0.05) is 36.4 Å². The van der Waals surface area contributed by atoms with Crippen LogP contribution in [0, 0.1) is 11.3 Å². The highest BCUT2D eigenvalue weighted by atomic mass is 16.1. The minimum atomic E-state index is 0.132. The number of allylic oxidation sites excluding steroid dienone is 1. The molecule has 0 bridgehead atoms. The Kier molecular flexibility index (Phi) is 3.66. The Morgan fingerprint density at radius 2 is 1.76 bits per heavy atom. The van der Waals surface area contributed by atoms with Gasteiger partial charge in [0.05, 0.1) is 11.6 Å². The summed E-state index contributed by atoms with van der Waals surface area (Å²) in [7, 11) is 0. The number of nitriles is 1. The number of aryl methyl sites for hydroxylation is 1. The number of ketones is 1. The molecule has 2 aromatic carbocycles. The van der Waals surface area contributed by atoms with Crippen molar-refractivity contribution in [2.45, 2.75) is 19.3 Å². The number of hydrogen-bond acceptors (Lipinski definition) is 2. The van der Waals surface area contributed by atoms with Gasteiger partial charge in [0.2, 0.25) is 0 Å². The van der Waals surface area contributed by atoms with Crippen LogP contribution in [-0.4, -0.2) is 5.78 Å². The summed E-state index contributed by atoms with van der Waals surface area (Å²) in [5.41, 5.74) is 4.43. The predicted octanol–water partition coefficient (Wildman–Crippen LogP) is 4.16. The zero-order valence-corrected chi connectivity index (χ0v) is 11.7. The first-order valence-corrected chi connectivity index (χ1v) is 7.11. The normalized spacial score (nSPS) is 16.1. The van der Waals surface area contributed by atoms with Crippen molar-refractivity contribution >= 4 is 11.9 Å². The second kappa shape index (κ2) is 5.76. The van der Waals surface area contributed by atoms with Gasteiger partial charge < -0.3 is 0 Å². The van der Waals surface area contributed by atoms with Crippen molar-refractivity contribution in [3.8, 4) is 6.07 Å². The molecule has 0 saturated heterocycles. The Hall–Kier alpha value is -2.66. The molecule has 0 aromatic heterocycles. The third-order valence-corrected chi connectivity index (χ3v) is 3.83. The minimum absolute atomic E-state index is 0.132. The molecule has 2 nitrogen and oxygen atoms in total. The van der Waals surface area contributed by atoms with Gasteiger partial charge in [0.25, 0.3) is 0 Å². The summed E-state index contributed by atoms with van der Waals surface area (Å²) in [5.74, 6) is 0.132. The Labute approximate surface area is 124 Å². The topological polar surface area (TPSA) is 40.9 Å². The van der Waals surface area contributed by atoms with Crippen LogP contribution >= 0.6 is 0 Å². The SMILES string of the molecule is N#Cc1ccc(/C=C2\CCCc3ccccc3C2=O)cc1. The number of carbonyl (C=O) groups is 1. The Balaban J connectivity index is 1.96. The molecule has 0 spiro atoms. The molecule has 2 aromatic rings. The summed E-state index contributed by atoms with van der Waals surface area (Å²) in [5, 5.41) is 8.82. The van der Waals surface area contributed by atoms with Crippen LogP contribution < -0.4 is 0 Å². The molecular weight excluding hydrogens is 258 g/mol. The summed E-state index contributed by atoms with van der Waals surface area (Å²) in [6.07, 6.45) is 4.69. The number of rotatable bonds is 1. The molecule has 21 heavy (non-hydrogen) atoms. The molecular formula is C19H15NO. The lowest BCUT2D eigenvalue weighted by atomic mass is 9.98. The molecule has 0 N–H and O–H groups in total. The number of hydrogen-bond donors (Lipinski definition) is 0. The van der Waals surface area contributed by atoms with Crippen molar-refractivity contribution in [3.05, 3.63) is 76.4 Å². The van der Waals surface area contributed by atoms with Gasteiger partial charge in [0, 0.05) is 11.1 Å².